The number of benzene rings is 4. The van der Waals surface area contributed by atoms with E-state index in [-0.39, 0.29) is 55.6 Å². The average molecular weight is 1260 g/mol. The second-order valence-corrected chi connectivity index (χ2v) is 20.2. The number of rotatable bonds is 5. The monoisotopic (exact) mass is 1260 g/mol. The molecule has 4 aromatic carbocycles. The molecule has 16 bridgehead atoms. The first-order chi connectivity index (χ1) is 42.9. The van der Waals surface area contributed by atoms with Gasteiger partial charge in [0.25, 0.3) is 0 Å². The molecule has 12 aromatic rings. The van der Waals surface area contributed by atoms with Crippen molar-refractivity contribution in [2.24, 2.45) is 0 Å². The zero-order chi connectivity index (χ0) is 63.5. The fourth-order valence-corrected chi connectivity index (χ4v) is 11.2. The predicted octanol–water partition coefficient (Wildman–Crippen LogP) is 18.8. The van der Waals surface area contributed by atoms with E-state index in [0.29, 0.717) is 0 Å². The Morgan fingerprint density at radius 2 is 0.300 bits per heavy atom. The summed E-state index contributed by atoms with van der Waals surface area (Å²) < 4.78 is 311. The van der Waals surface area contributed by atoms with Crippen LogP contribution in [0.1, 0.15) is 22.8 Å². The highest BCUT2D eigenvalue weighted by Crippen LogP contribution is 2.45. The molecule has 0 unspecified atom stereocenters. The first-order valence-corrected chi connectivity index (χ1v) is 25.7. The van der Waals surface area contributed by atoms with Gasteiger partial charge in [0.1, 0.15) is 0 Å². The Morgan fingerprint density at radius 1 is 0.156 bits per heavy atom. The van der Waals surface area contributed by atoms with Gasteiger partial charge >= 0.3 is 0 Å². The number of hydrogen-bond acceptors (Lipinski definition) is 2. The van der Waals surface area contributed by atoms with Crippen LogP contribution in [-0.4, -0.2) is 39.9 Å². The van der Waals surface area contributed by atoms with Crippen LogP contribution in [0.4, 0.5) is 87.8 Å². The molecule has 450 valence electrons. The Morgan fingerprint density at radius 3 is 0.522 bits per heavy atom. The van der Waals surface area contributed by atoms with E-state index in [1.807, 2.05) is 0 Å². The number of H-pyrrole nitrogens is 6. The fourth-order valence-electron chi connectivity index (χ4n) is 11.2. The highest BCUT2D eigenvalue weighted by Gasteiger charge is 2.35. The Labute approximate surface area is 484 Å². The number of aromatic amines is 6. The minimum atomic E-state index is -2.61. The van der Waals surface area contributed by atoms with Gasteiger partial charge in [-0.15, -0.1) is 0 Å². The smallest absolute Gasteiger partial charge is 0.200 e. The molecule has 90 heavy (non-hydrogen) atoms. The molecule has 2 aliphatic heterocycles. The predicted molar refractivity (Wildman–Crippen MR) is 290 cm³/mol. The molecule has 0 atom stereocenters. The summed E-state index contributed by atoms with van der Waals surface area (Å²) in [5, 5.41) is 0. The van der Waals surface area contributed by atoms with E-state index in [1.165, 1.54) is 48.6 Å². The first kappa shape index (κ1) is 56.7. The number of aromatic nitrogens is 8. The molecular formula is C62H22F20N8. The fraction of sp³-hybridized carbons (Fsp3) is 0. The lowest BCUT2D eigenvalue weighted by atomic mass is 10.0. The summed E-state index contributed by atoms with van der Waals surface area (Å²) in [4.78, 5) is 25.9. The van der Waals surface area contributed by atoms with Gasteiger partial charge in [-0.3, -0.25) is 0 Å². The van der Waals surface area contributed by atoms with Crippen molar-refractivity contribution in [3.8, 4) is 55.6 Å². The summed E-state index contributed by atoms with van der Waals surface area (Å²) in [5.41, 5.74) is -15.8. The van der Waals surface area contributed by atoms with Crippen molar-refractivity contribution in [3.63, 3.8) is 0 Å². The van der Waals surface area contributed by atoms with Gasteiger partial charge in [-0.2, -0.15) is 0 Å². The Kier molecular flexibility index (Phi) is 12.8. The van der Waals surface area contributed by atoms with Crippen LogP contribution in [-0.2, 0) is 0 Å². The van der Waals surface area contributed by atoms with Gasteiger partial charge in [-0.05, 0) is 97.1 Å². The Bertz CT molecular complexity index is 5130. The van der Waals surface area contributed by atoms with E-state index >= 15 is 70.2 Å². The molecule has 28 heteroatoms. The van der Waals surface area contributed by atoms with E-state index in [4.69, 9.17) is 0 Å². The van der Waals surface area contributed by atoms with E-state index < -0.39 is 205 Å². The largest absolute Gasteiger partial charge is 0.354 e. The van der Waals surface area contributed by atoms with Crippen LogP contribution in [0.5, 0.6) is 0 Å². The Balaban J connectivity index is 1.18. The van der Waals surface area contributed by atoms with E-state index in [0.717, 1.165) is 48.6 Å². The summed E-state index contributed by atoms with van der Waals surface area (Å²) in [7, 11) is 0. The van der Waals surface area contributed by atoms with Gasteiger partial charge in [-0.1, -0.05) is 0 Å². The van der Waals surface area contributed by atoms with Crippen molar-refractivity contribution < 1.29 is 87.8 Å². The molecule has 8 nitrogen and oxygen atoms in total. The van der Waals surface area contributed by atoms with Gasteiger partial charge < -0.3 is 29.9 Å². The highest BCUT2D eigenvalue weighted by atomic mass is 19.2. The van der Waals surface area contributed by atoms with Crippen LogP contribution in [0.3, 0.4) is 0 Å². The van der Waals surface area contributed by atoms with E-state index in [1.54, 1.807) is 0 Å². The summed E-state index contributed by atoms with van der Waals surface area (Å²) in [6.07, 6.45) is 4.57. The highest BCUT2D eigenvalue weighted by molar-refractivity contribution is 6.08. The van der Waals surface area contributed by atoms with Gasteiger partial charge in [0, 0.05) is 88.5 Å². The number of nitrogens with one attached hydrogen (secondary N) is 6. The van der Waals surface area contributed by atoms with Crippen molar-refractivity contribution in [1.82, 2.24) is 39.9 Å². The molecule has 0 spiro atoms. The molecule has 10 heterocycles. The number of hydrogen-bond donors (Lipinski definition) is 6. The van der Waals surface area contributed by atoms with E-state index in [2.05, 4.69) is 39.9 Å². The second kappa shape index (κ2) is 20.3. The molecule has 0 radical (unpaired) electrons. The first-order valence-electron chi connectivity index (χ1n) is 25.7. The van der Waals surface area contributed by atoms with Crippen LogP contribution in [0, 0.1) is 116 Å². The summed E-state index contributed by atoms with van der Waals surface area (Å²) >= 11 is 0. The molecule has 14 rings (SSSR count). The standard InChI is InChI=1S/C62H22F20N8/c63-43-39(44(64)52(72)59(79)51(43)71)35-25-7-3-19(85-25)17-1-5-21(83-17)33(23-9-11-29(87-23)37(31-15-13-27(35)89-31)41-47(67)55(75)61(81)56(76)48(41)68)34-22-6-2-18(84-22)20-4-8-26(86-20)36(40-45(65)53(73)60(80)54(74)46(40)66)28-14-16-32(90-28)38(30-12-10-24(34)88-30)42-49(69)57(77)62(82)58(78)50(42)70/h1-16,83-84,87-90H. The van der Waals surface area contributed by atoms with Crippen molar-refractivity contribution >= 4 is 90.5 Å². The quantitative estimate of drug-likeness (QED) is 0.0584. The maximum atomic E-state index is 16.4. The van der Waals surface area contributed by atoms with Crippen molar-refractivity contribution in [2.45, 2.75) is 0 Å². The maximum Gasteiger partial charge on any atom is 0.200 e. The topological polar surface area (TPSA) is 121 Å². The van der Waals surface area contributed by atoms with Gasteiger partial charge in [-0.25, -0.2) is 97.8 Å². The van der Waals surface area contributed by atoms with Crippen LogP contribution >= 0.6 is 0 Å². The third-order valence-corrected chi connectivity index (χ3v) is 15.2. The SMILES string of the molecule is Fc1c(F)c(F)c(-c2c3nc(c4ccc([nH]4)c(-c4c5ccc([nH]5)c5nc(c(-c6c(F)c(F)c(F)c(F)c6F)c6ccc([nH]6)c(-c6c(F)c(F)c(F)c(F)c6F)c6ccc4[nH]6)C=C5)c4ccc([nH]4)c(-c4c(F)c(F)c(F)c(F)c4F)c4ccc2[nH]4)C=C3)c(F)c1F. The van der Waals surface area contributed by atoms with Crippen LogP contribution in [0.15, 0.2) is 72.8 Å². The van der Waals surface area contributed by atoms with E-state index in [9.17, 15) is 17.6 Å². The lowest BCUT2D eigenvalue weighted by molar-refractivity contribution is 0.381. The molecule has 0 amide bonds. The molecule has 0 saturated carbocycles. The maximum absolute atomic E-state index is 16.4. The summed E-state index contributed by atoms with van der Waals surface area (Å²) in [6.45, 7) is 0. The third kappa shape index (κ3) is 8.18. The molecule has 2 aliphatic rings. The summed E-state index contributed by atoms with van der Waals surface area (Å²) in [5.74, 6) is -49.1. The zero-order valence-corrected chi connectivity index (χ0v) is 43.7. The Hall–Kier alpha value is -11.1. The lowest BCUT2D eigenvalue weighted by Crippen LogP contribution is -2.05. The second-order valence-electron chi connectivity index (χ2n) is 20.2. The zero-order valence-electron chi connectivity index (χ0n) is 43.7. The van der Waals surface area contributed by atoms with Crippen LogP contribution in [0.25, 0.3) is 146 Å². The number of nitrogens with zero attached hydrogens (tertiary/aromatic N) is 2. The van der Waals surface area contributed by atoms with Gasteiger partial charge in [0.15, 0.2) is 93.1 Å². The minimum absolute atomic E-state index is 0.00364. The van der Waals surface area contributed by atoms with Crippen molar-refractivity contribution in [1.29, 1.82) is 0 Å². The normalized spacial score (nSPS) is 12.4. The number of fused-ring (bicyclic) bond motifs is 18. The van der Waals surface area contributed by atoms with Crippen molar-refractivity contribution in [2.75, 3.05) is 0 Å². The third-order valence-electron chi connectivity index (χ3n) is 15.2. The molecule has 0 fully saturated rings. The molecule has 0 saturated heterocycles. The molecular weight excluding hydrogens is 1240 g/mol. The molecule has 6 N–H and O–H groups in total. The lowest BCUT2D eigenvalue weighted by Gasteiger charge is -2.10. The van der Waals surface area contributed by atoms with Crippen LogP contribution in [0.2, 0.25) is 0 Å². The van der Waals surface area contributed by atoms with Crippen molar-refractivity contribution in [3.05, 3.63) is 212 Å². The number of halogens is 20. The van der Waals surface area contributed by atoms with Crippen LogP contribution < -0.4 is 0 Å². The minimum Gasteiger partial charge on any atom is -0.354 e. The molecule has 8 aromatic heterocycles. The van der Waals surface area contributed by atoms with Gasteiger partial charge in [0.05, 0.1) is 56.1 Å². The molecule has 0 aliphatic carbocycles. The summed E-state index contributed by atoms with van der Waals surface area (Å²) in [6, 6.07) is 13.6. The van der Waals surface area contributed by atoms with Gasteiger partial charge in [0.2, 0.25) is 23.3 Å². The average Bonchev–Trinajstić information content (AvgIpc) is 1.47.